The molecule has 3 rings (SSSR count). The number of aliphatic carboxylic acids is 1. The number of hydrogen-bond donors (Lipinski definition) is 1. The standard InChI is InChI=1S/C16H18N2O4S/c1-16(2)12(15(21)22)18-13(20)11(14(18)23-16)17-10(19)8-9-6-4-3-5-7-9/h3-7,11-12,14H,8H2,1-2H3,(H,17,19)(H,21,22)/p-1/t11-,12+,14+/m1/s1. The van der Waals surface area contributed by atoms with Crippen LogP contribution in [-0.4, -0.2) is 44.9 Å². The van der Waals surface area contributed by atoms with Crippen molar-refractivity contribution in [2.45, 2.75) is 42.5 Å². The Morgan fingerprint density at radius 3 is 2.57 bits per heavy atom. The molecule has 0 radical (unpaired) electrons. The van der Waals surface area contributed by atoms with Crippen LogP contribution in [0.5, 0.6) is 0 Å². The molecular formula is C16H17N2O4S-. The van der Waals surface area contributed by atoms with Crippen LogP contribution in [0.1, 0.15) is 19.4 Å². The number of carboxylic acid groups (broad SMARTS) is 1. The Morgan fingerprint density at radius 1 is 1.30 bits per heavy atom. The summed E-state index contributed by atoms with van der Waals surface area (Å²) in [5, 5.41) is 13.7. The summed E-state index contributed by atoms with van der Waals surface area (Å²) in [6, 6.07) is 7.61. The van der Waals surface area contributed by atoms with Gasteiger partial charge in [0.15, 0.2) is 0 Å². The lowest BCUT2D eigenvalue weighted by atomic mass is 9.96. The van der Waals surface area contributed by atoms with Crippen molar-refractivity contribution in [2.24, 2.45) is 0 Å². The van der Waals surface area contributed by atoms with Crippen LogP contribution in [-0.2, 0) is 20.8 Å². The number of nitrogens with zero attached hydrogens (tertiary/aromatic N) is 1. The molecule has 2 saturated heterocycles. The first kappa shape index (κ1) is 15.9. The quantitative estimate of drug-likeness (QED) is 0.752. The van der Waals surface area contributed by atoms with E-state index in [1.165, 1.54) is 16.7 Å². The predicted octanol–water partition coefficient (Wildman–Crippen LogP) is -0.474. The minimum Gasteiger partial charge on any atom is -0.548 e. The van der Waals surface area contributed by atoms with Crippen molar-refractivity contribution < 1.29 is 19.5 Å². The molecule has 1 N–H and O–H groups in total. The zero-order valence-corrected chi connectivity index (χ0v) is 13.6. The Labute approximate surface area is 138 Å². The fraction of sp³-hybridized carbons (Fsp3) is 0.438. The lowest BCUT2D eigenvalue weighted by Gasteiger charge is -2.45. The highest BCUT2D eigenvalue weighted by Gasteiger charge is 2.62. The fourth-order valence-electron chi connectivity index (χ4n) is 3.13. The molecule has 0 aromatic heterocycles. The van der Waals surface area contributed by atoms with Gasteiger partial charge < -0.3 is 20.1 Å². The number of carbonyl (C=O) groups excluding carboxylic acids is 3. The van der Waals surface area contributed by atoms with Gasteiger partial charge in [-0.25, -0.2) is 0 Å². The largest absolute Gasteiger partial charge is 0.548 e. The van der Waals surface area contributed by atoms with Crippen LogP contribution in [0.4, 0.5) is 0 Å². The summed E-state index contributed by atoms with van der Waals surface area (Å²) in [5.41, 5.74) is 0.862. The Bertz CT molecular complexity index is 661. The molecular weight excluding hydrogens is 316 g/mol. The first-order valence-electron chi connectivity index (χ1n) is 7.35. The number of benzene rings is 1. The number of β-lactam (4-membered cyclic amide) rings is 1. The molecule has 1 aromatic rings. The van der Waals surface area contributed by atoms with E-state index in [1.54, 1.807) is 13.8 Å². The average Bonchev–Trinajstić information content (AvgIpc) is 2.74. The monoisotopic (exact) mass is 333 g/mol. The van der Waals surface area contributed by atoms with Crippen molar-refractivity contribution in [3.63, 3.8) is 0 Å². The molecule has 2 aliphatic heterocycles. The van der Waals surface area contributed by atoms with Crippen LogP contribution in [0.25, 0.3) is 0 Å². The van der Waals surface area contributed by atoms with Crippen LogP contribution < -0.4 is 10.4 Å². The second kappa shape index (κ2) is 5.56. The second-order valence-corrected chi connectivity index (χ2v) is 8.06. The van der Waals surface area contributed by atoms with E-state index in [-0.39, 0.29) is 23.6 Å². The van der Waals surface area contributed by atoms with Crippen LogP contribution >= 0.6 is 11.8 Å². The minimum absolute atomic E-state index is 0.190. The van der Waals surface area contributed by atoms with Gasteiger partial charge in [0.1, 0.15) is 11.4 Å². The maximum absolute atomic E-state index is 12.2. The molecule has 23 heavy (non-hydrogen) atoms. The summed E-state index contributed by atoms with van der Waals surface area (Å²) in [7, 11) is 0. The van der Waals surface area contributed by atoms with Crippen LogP contribution in [0.15, 0.2) is 30.3 Å². The molecule has 0 bridgehead atoms. The number of hydrogen-bond acceptors (Lipinski definition) is 5. The normalized spacial score (nSPS) is 28.0. The van der Waals surface area contributed by atoms with Crippen LogP contribution in [0, 0.1) is 0 Å². The molecule has 7 heteroatoms. The predicted molar refractivity (Wildman–Crippen MR) is 83.2 cm³/mol. The molecule has 122 valence electrons. The van der Waals surface area contributed by atoms with E-state index in [4.69, 9.17) is 0 Å². The minimum atomic E-state index is -1.26. The van der Waals surface area contributed by atoms with Crippen molar-refractivity contribution in [3.05, 3.63) is 35.9 Å². The molecule has 2 aliphatic rings. The first-order chi connectivity index (χ1) is 10.8. The summed E-state index contributed by atoms with van der Waals surface area (Å²) in [5.74, 6) is -1.86. The van der Waals surface area contributed by atoms with E-state index in [9.17, 15) is 19.5 Å². The van der Waals surface area contributed by atoms with E-state index in [0.717, 1.165) is 5.56 Å². The molecule has 1 aromatic carbocycles. The molecule has 2 amide bonds. The third-order valence-electron chi connectivity index (χ3n) is 4.19. The molecule has 0 aliphatic carbocycles. The zero-order valence-electron chi connectivity index (χ0n) is 12.8. The molecule has 3 atom stereocenters. The summed E-state index contributed by atoms with van der Waals surface area (Å²) in [6.07, 6.45) is 0.190. The van der Waals surface area contributed by atoms with Gasteiger partial charge in [0.25, 0.3) is 0 Å². The Kier molecular flexibility index (Phi) is 3.83. The van der Waals surface area contributed by atoms with E-state index < -0.39 is 22.8 Å². The van der Waals surface area contributed by atoms with Gasteiger partial charge >= 0.3 is 0 Å². The van der Waals surface area contributed by atoms with Crippen LogP contribution in [0.2, 0.25) is 0 Å². The lowest BCUT2D eigenvalue weighted by molar-refractivity contribution is -0.312. The number of carboxylic acids is 1. The molecule has 6 nitrogen and oxygen atoms in total. The van der Waals surface area contributed by atoms with E-state index in [0.29, 0.717) is 0 Å². The molecule has 0 unspecified atom stereocenters. The molecule has 0 saturated carbocycles. The van der Waals surface area contributed by atoms with Gasteiger partial charge in [0, 0.05) is 4.75 Å². The smallest absolute Gasteiger partial charge is 0.249 e. The summed E-state index contributed by atoms with van der Waals surface area (Å²) in [4.78, 5) is 37.0. The Balaban J connectivity index is 1.66. The zero-order chi connectivity index (χ0) is 16.8. The number of carbonyl (C=O) groups is 3. The summed E-state index contributed by atoms with van der Waals surface area (Å²) < 4.78 is -0.641. The SMILES string of the molecule is CC1(C)S[C@H]2[C@H](NC(=O)Cc3ccccc3)C(=O)N2[C@H]1C(=O)[O-]. The number of thioether (sulfide) groups is 1. The van der Waals surface area contributed by atoms with E-state index in [1.807, 2.05) is 30.3 Å². The maximum atomic E-state index is 12.2. The van der Waals surface area contributed by atoms with Crippen molar-refractivity contribution in [1.82, 2.24) is 10.2 Å². The highest BCUT2D eigenvalue weighted by molar-refractivity contribution is 8.01. The summed E-state index contributed by atoms with van der Waals surface area (Å²) in [6.45, 7) is 3.54. The lowest BCUT2D eigenvalue weighted by Crippen LogP contribution is -2.71. The van der Waals surface area contributed by atoms with Gasteiger partial charge in [-0.3, -0.25) is 9.59 Å². The number of amides is 2. The third-order valence-corrected chi connectivity index (χ3v) is 5.76. The maximum Gasteiger partial charge on any atom is 0.249 e. The molecule has 2 heterocycles. The van der Waals surface area contributed by atoms with Gasteiger partial charge in [0.05, 0.1) is 18.4 Å². The number of fused-ring (bicyclic) bond motifs is 1. The highest BCUT2D eigenvalue weighted by Crippen LogP contribution is 2.50. The Hall–Kier alpha value is -2.02. The highest BCUT2D eigenvalue weighted by atomic mass is 32.2. The van der Waals surface area contributed by atoms with E-state index in [2.05, 4.69) is 5.32 Å². The van der Waals surface area contributed by atoms with Crippen molar-refractivity contribution in [2.75, 3.05) is 0 Å². The van der Waals surface area contributed by atoms with Gasteiger partial charge in [-0.05, 0) is 19.4 Å². The average molecular weight is 333 g/mol. The molecule has 2 fully saturated rings. The van der Waals surface area contributed by atoms with Gasteiger partial charge in [-0.1, -0.05) is 30.3 Å². The van der Waals surface area contributed by atoms with Gasteiger partial charge in [0.2, 0.25) is 11.8 Å². The van der Waals surface area contributed by atoms with Crippen molar-refractivity contribution in [1.29, 1.82) is 0 Å². The van der Waals surface area contributed by atoms with Crippen LogP contribution in [0.3, 0.4) is 0 Å². The fourth-order valence-corrected chi connectivity index (χ4v) is 4.75. The van der Waals surface area contributed by atoms with Gasteiger partial charge in [-0.2, -0.15) is 0 Å². The first-order valence-corrected chi connectivity index (χ1v) is 8.23. The second-order valence-electron chi connectivity index (χ2n) is 6.29. The molecule has 0 spiro atoms. The Morgan fingerprint density at radius 2 is 1.96 bits per heavy atom. The number of rotatable bonds is 4. The van der Waals surface area contributed by atoms with Crippen molar-refractivity contribution in [3.8, 4) is 0 Å². The number of nitrogens with one attached hydrogen (secondary N) is 1. The van der Waals surface area contributed by atoms with Crippen molar-refractivity contribution >= 4 is 29.5 Å². The topological polar surface area (TPSA) is 89.5 Å². The third kappa shape index (κ3) is 2.69. The van der Waals surface area contributed by atoms with Gasteiger partial charge in [-0.15, -0.1) is 11.8 Å². The summed E-state index contributed by atoms with van der Waals surface area (Å²) >= 11 is 1.38. The van der Waals surface area contributed by atoms with E-state index >= 15 is 0 Å².